The van der Waals surface area contributed by atoms with E-state index in [0.29, 0.717) is 5.56 Å². The minimum atomic E-state index is -1.54. The van der Waals surface area contributed by atoms with Gasteiger partial charge in [0.05, 0.1) is 11.3 Å². The summed E-state index contributed by atoms with van der Waals surface area (Å²) >= 11 is 0. The third-order valence-corrected chi connectivity index (χ3v) is 5.84. The SMILES string of the molecule is CC(=O)N[C@@H]1[C@H](Oc2ncn(Cc3ccc([N+](=O)[O-])cc3)c2C(N)=O)O[C@H](COC(C)=O)[C@@H](OC(C)=O)[C@@H]1OC(C)=O. The molecule has 1 saturated heterocycles. The van der Waals surface area contributed by atoms with Crippen LogP contribution >= 0.6 is 0 Å². The second-order valence-corrected chi connectivity index (χ2v) is 9.15. The quantitative estimate of drug-likeness (QED) is 0.151. The maximum Gasteiger partial charge on any atom is 0.303 e. The summed E-state index contributed by atoms with van der Waals surface area (Å²) in [7, 11) is 0. The molecule has 226 valence electrons. The van der Waals surface area contributed by atoms with E-state index in [0.717, 1.165) is 20.8 Å². The Bertz CT molecular complexity index is 1360. The van der Waals surface area contributed by atoms with E-state index in [4.69, 9.17) is 29.4 Å². The minimum Gasteiger partial charge on any atom is -0.463 e. The lowest BCUT2D eigenvalue weighted by Crippen LogP contribution is -2.67. The largest absolute Gasteiger partial charge is 0.463 e. The lowest BCUT2D eigenvalue weighted by molar-refractivity contribution is -0.384. The van der Waals surface area contributed by atoms with Crippen molar-refractivity contribution in [3.05, 3.63) is 52.0 Å². The van der Waals surface area contributed by atoms with E-state index in [1.807, 2.05) is 0 Å². The molecule has 42 heavy (non-hydrogen) atoms. The van der Waals surface area contributed by atoms with Crippen LogP contribution in [0.2, 0.25) is 0 Å². The number of hydrogen-bond donors (Lipinski definition) is 2. The third-order valence-electron chi connectivity index (χ3n) is 5.84. The fourth-order valence-corrected chi connectivity index (χ4v) is 4.24. The Balaban J connectivity index is 2.00. The Morgan fingerprint density at radius 2 is 1.64 bits per heavy atom. The van der Waals surface area contributed by atoms with Crippen LogP contribution in [0.1, 0.15) is 43.7 Å². The summed E-state index contributed by atoms with van der Waals surface area (Å²) in [5.74, 6) is -4.16. The number of carbonyl (C=O) groups excluding carboxylic acids is 5. The second-order valence-electron chi connectivity index (χ2n) is 9.15. The number of aromatic nitrogens is 2. The van der Waals surface area contributed by atoms with Gasteiger partial charge in [0, 0.05) is 46.4 Å². The molecule has 0 spiro atoms. The predicted molar refractivity (Wildman–Crippen MR) is 138 cm³/mol. The van der Waals surface area contributed by atoms with Gasteiger partial charge in [-0.25, -0.2) is 4.98 Å². The average Bonchev–Trinajstić information content (AvgIpc) is 3.28. The van der Waals surface area contributed by atoms with Gasteiger partial charge in [-0.3, -0.25) is 34.1 Å². The maximum atomic E-state index is 12.5. The lowest BCUT2D eigenvalue weighted by atomic mass is 9.96. The number of esters is 3. The van der Waals surface area contributed by atoms with Crippen molar-refractivity contribution in [2.24, 2.45) is 5.73 Å². The van der Waals surface area contributed by atoms with Crippen molar-refractivity contribution in [1.29, 1.82) is 0 Å². The maximum absolute atomic E-state index is 12.5. The van der Waals surface area contributed by atoms with E-state index in [9.17, 15) is 34.1 Å². The van der Waals surface area contributed by atoms with Crippen molar-refractivity contribution >= 4 is 35.4 Å². The van der Waals surface area contributed by atoms with E-state index in [-0.39, 0.29) is 23.8 Å². The Labute approximate surface area is 238 Å². The molecule has 3 rings (SSSR count). The molecular formula is C25H29N5O12. The average molecular weight is 592 g/mol. The normalized spacial score (nSPS) is 21.5. The monoisotopic (exact) mass is 591 g/mol. The molecule has 1 aromatic carbocycles. The van der Waals surface area contributed by atoms with Crippen LogP contribution in [0.4, 0.5) is 5.69 Å². The molecule has 2 heterocycles. The minimum absolute atomic E-state index is 0.0208. The molecule has 2 amide bonds. The number of primary amides is 1. The van der Waals surface area contributed by atoms with Gasteiger partial charge in [-0.1, -0.05) is 12.1 Å². The summed E-state index contributed by atoms with van der Waals surface area (Å²) in [6.07, 6.45) is -4.30. The molecule has 3 N–H and O–H groups in total. The topological polar surface area (TPSA) is 231 Å². The van der Waals surface area contributed by atoms with Gasteiger partial charge in [0.2, 0.25) is 18.1 Å². The summed E-state index contributed by atoms with van der Waals surface area (Å²) in [6, 6.07) is 4.24. The first-order valence-electron chi connectivity index (χ1n) is 12.4. The van der Waals surface area contributed by atoms with Crippen molar-refractivity contribution in [3.63, 3.8) is 0 Å². The van der Waals surface area contributed by atoms with E-state index >= 15 is 0 Å². The summed E-state index contributed by atoms with van der Waals surface area (Å²) in [5, 5.41) is 13.5. The highest BCUT2D eigenvalue weighted by molar-refractivity contribution is 5.93. The molecule has 17 heteroatoms. The zero-order valence-corrected chi connectivity index (χ0v) is 23.0. The number of amides is 2. The summed E-state index contributed by atoms with van der Waals surface area (Å²) < 4.78 is 29.0. The van der Waals surface area contributed by atoms with Crippen LogP contribution in [0.3, 0.4) is 0 Å². The Hall–Kier alpha value is -5.06. The number of nitro groups is 1. The Morgan fingerprint density at radius 3 is 2.17 bits per heavy atom. The van der Waals surface area contributed by atoms with E-state index in [1.54, 1.807) is 0 Å². The number of nitrogens with two attached hydrogens (primary N) is 1. The number of ether oxygens (including phenoxy) is 5. The smallest absolute Gasteiger partial charge is 0.303 e. The zero-order valence-electron chi connectivity index (χ0n) is 23.0. The van der Waals surface area contributed by atoms with Gasteiger partial charge >= 0.3 is 17.9 Å². The molecule has 17 nitrogen and oxygen atoms in total. The van der Waals surface area contributed by atoms with Crippen LogP contribution in [0.5, 0.6) is 5.88 Å². The van der Waals surface area contributed by atoms with Gasteiger partial charge in [0.1, 0.15) is 18.8 Å². The molecule has 0 aliphatic carbocycles. The molecular weight excluding hydrogens is 562 g/mol. The predicted octanol–water partition coefficient (Wildman–Crippen LogP) is -0.0266. The molecule has 1 aromatic heterocycles. The number of hydrogen-bond acceptors (Lipinski definition) is 13. The van der Waals surface area contributed by atoms with Gasteiger partial charge < -0.3 is 39.3 Å². The van der Waals surface area contributed by atoms with Crippen LogP contribution in [0, 0.1) is 10.1 Å². The van der Waals surface area contributed by atoms with Crippen LogP contribution in [-0.4, -0.2) is 81.4 Å². The van der Waals surface area contributed by atoms with Crippen LogP contribution in [-0.2, 0) is 44.7 Å². The van der Waals surface area contributed by atoms with E-state index < -0.39 is 71.9 Å². The zero-order chi connectivity index (χ0) is 31.1. The van der Waals surface area contributed by atoms with Gasteiger partial charge in [-0.15, -0.1) is 0 Å². The molecule has 0 saturated carbocycles. The first-order chi connectivity index (χ1) is 19.8. The first kappa shape index (κ1) is 31.5. The highest BCUT2D eigenvalue weighted by atomic mass is 16.7. The first-order valence-corrected chi connectivity index (χ1v) is 12.4. The summed E-state index contributed by atoms with van der Waals surface area (Å²) in [4.78, 5) is 74.6. The number of nitrogens with zero attached hydrogens (tertiary/aromatic N) is 3. The van der Waals surface area contributed by atoms with Crippen molar-refractivity contribution < 1.29 is 52.6 Å². The van der Waals surface area contributed by atoms with Gasteiger partial charge in [-0.2, -0.15) is 0 Å². The summed E-state index contributed by atoms with van der Waals surface area (Å²) in [5.41, 5.74) is 5.83. The second kappa shape index (κ2) is 13.5. The fraction of sp³-hybridized carbons (Fsp3) is 0.440. The van der Waals surface area contributed by atoms with E-state index in [2.05, 4.69) is 10.3 Å². The third kappa shape index (κ3) is 8.00. The number of nitro benzene ring substituents is 1. The highest BCUT2D eigenvalue weighted by Gasteiger charge is 2.52. The Morgan fingerprint density at radius 1 is 1.02 bits per heavy atom. The molecule has 2 aromatic rings. The van der Waals surface area contributed by atoms with Crippen molar-refractivity contribution in [1.82, 2.24) is 14.9 Å². The van der Waals surface area contributed by atoms with Crippen molar-refractivity contribution in [2.75, 3.05) is 6.61 Å². The number of carbonyl (C=O) groups is 5. The van der Waals surface area contributed by atoms with Crippen molar-refractivity contribution in [2.45, 2.75) is 64.9 Å². The van der Waals surface area contributed by atoms with Crippen LogP contribution < -0.4 is 15.8 Å². The molecule has 5 atom stereocenters. The Kier molecular flexibility index (Phi) is 10.1. The molecule has 1 aliphatic heterocycles. The van der Waals surface area contributed by atoms with Gasteiger partial charge in [-0.05, 0) is 5.56 Å². The number of non-ortho nitro benzene ring substituents is 1. The molecule has 1 fully saturated rings. The lowest BCUT2D eigenvalue weighted by Gasteiger charge is -2.44. The van der Waals surface area contributed by atoms with Crippen LogP contribution in [0.25, 0.3) is 0 Å². The molecule has 0 unspecified atom stereocenters. The number of imidazole rings is 1. The molecule has 0 bridgehead atoms. The summed E-state index contributed by atoms with van der Waals surface area (Å²) in [6.45, 7) is 4.05. The molecule has 1 aliphatic rings. The fourth-order valence-electron chi connectivity index (χ4n) is 4.24. The van der Waals surface area contributed by atoms with Crippen molar-refractivity contribution in [3.8, 4) is 5.88 Å². The molecule has 0 radical (unpaired) electrons. The highest BCUT2D eigenvalue weighted by Crippen LogP contribution is 2.30. The number of benzene rings is 1. The standard InChI is InChI=1S/C25H29N5O12/c1-12(31)28-19-22(40-15(4)34)21(39-14(3)33)18(10-38-13(2)32)41-25(19)42-24-20(23(26)35)29(11-27-24)9-16-5-7-17(8-6-16)30(36)37/h5-8,11,18-19,21-22,25H,9-10H2,1-4H3,(H2,26,35)(H,28,31)/t18-,19+,21-,22-,25+/m1/s1. The number of rotatable bonds is 11. The number of nitrogens with one attached hydrogen (secondary N) is 1. The van der Waals surface area contributed by atoms with Gasteiger partial charge in [0.25, 0.3) is 11.6 Å². The van der Waals surface area contributed by atoms with Crippen LogP contribution in [0.15, 0.2) is 30.6 Å². The van der Waals surface area contributed by atoms with Gasteiger partial charge in [0.15, 0.2) is 17.9 Å². The van der Waals surface area contributed by atoms with E-state index in [1.165, 1.54) is 42.1 Å².